The third-order valence-electron chi connectivity index (χ3n) is 5.91. The van der Waals surface area contributed by atoms with Gasteiger partial charge in [0, 0.05) is 29.4 Å². The first-order valence-electron chi connectivity index (χ1n) is 12.2. The molecule has 0 aliphatic carbocycles. The Morgan fingerprint density at radius 2 is 1.76 bits per heavy atom. The van der Waals surface area contributed by atoms with Gasteiger partial charge in [-0.15, -0.1) is 0 Å². The standard InChI is InChI=1S/C28H29ClN4O5/c1-3-37-23-11-7-21(8-12-23)30-26(34)17-38-25-13-6-20(29)15-24(25)31-32-28(36)19-14-27(35)33(16-19)22-9-4-18(2)5-10-22/h4-13,15,19,31H,3,14,16-17H2,1-2H3,(H,30,34)(H,32,36)/t19-/m1/s1. The van der Waals surface area contributed by atoms with Crippen molar-refractivity contribution in [3.63, 3.8) is 0 Å². The van der Waals surface area contributed by atoms with Crippen molar-refractivity contribution in [3.05, 3.63) is 77.3 Å². The second-order valence-electron chi connectivity index (χ2n) is 8.79. The number of carbonyl (C=O) groups is 3. The van der Waals surface area contributed by atoms with Gasteiger partial charge in [0.05, 0.1) is 18.2 Å². The van der Waals surface area contributed by atoms with Gasteiger partial charge in [-0.1, -0.05) is 29.3 Å². The molecular formula is C28H29ClN4O5. The highest BCUT2D eigenvalue weighted by molar-refractivity contribution is 6.31. The van der Waals surface area contributed by atoms with Gasteiger partial charge in [-0.25, -0.2) is 0 Å². The van der Waals surface area contributed by atoms with E-state index in [1.807, 2.05) is 38.1 Å². The summed E-state index contributed by atoms with van der Waals surface area (Å²) in [7, 11) is 0. The summed E-state index contributed by atoms with van der Waals surface area (Å²) >= 11 is 6.13. The van der Waals surface area contributed by atoms with Gasteiger partial charge in [0.25, 0.3) is 5.91 Å². The van der Waals surface area contributed by atoms with Gasteiger partial charge in [-0.05, 0) is 68.4 Å². The van der Waals surface area contributed by atoms with Gasteiger partial charge in [-0.3, -0.25) is 25.2 Å². The molecule has 10 heteroatoms. The van der Waals surface area contributed by atoms with Crippen LogP contribution in [0.2, 0.25) is 5.02 Å². The molecule has 3 amide bonds. The number of hydrogen-bond donors (Lipinski definition) is 3. The summed E-state index contributed by atoms with van der Waals surface area (Å²) in [5.74, 6) is -0.309. The zero-order chi connectivity index (χ0) is 27.1. The molecule has 1 aliphatic heterocycles. The molecule has 3 aromatic carbocycles. The predicted molar refractivity (Wildman–Crippen MR) is 147 cm³/mol. The van der Waals surface area contributed by atoms with Gasteiger partial charge in [0.2, 0.25) is 11.8 Å². The average molecular weight is 537 g/mol. The molecule has 9 nitrogen and oxygen atoms in total. The first-order chi connectivity index (χ1) is 18.3. The number of nitrogens with zero attached hydrogens (tertiary/aromatic N) is 1. The number of benzene rings is 3. The van der Waals surface area contributed by atoms with E-state index in [9.17, 15) is 14.4 Å². The Labute approximate surface area is 226 Å². The minimum atomic E-state index is -0.528. The molecule has 0 spiro atoms. The Balaban J connectivity index is 1.31. The smallest absolute Gasteiger partial charge is 0.262 e. The van der Waals surface area contributed by atoms with E-state index in [0.717, 1.165) is 11.3 Å². The van der Waals surface area contributed by atoms with Crippen molar-refractivity contribution in [2.45, 2.75) is 20.3 Å². The molecule has 1 atom stereocenters. The fourth-order valence-corrected chi connectivity index (χ4v) is 4.13. The molecule has 0 unspecified atom stereocenters. The summed E-state index contributed by atoms with van der Waals surface area (Å²) in [5, 5.41) is 3.16. The Bertz CT molecular complexity index is 1300. The van der Waals surface area contributed by atoms with Crippen LogP contribution in [0.5, 0.6) is 11.5 Å². The summed E-state index contributed by atoms with van der Waals surface area (Å²) in [5.41, 5.74) is 8.28. The zero-order valence-electron chi connectivity index (χ0n) is 21.1. The lowest BCUT2D eigenvalue weighted by atomic mass is 10.1. The van der Waals surface area contributed by atoms with Gasteiger partial charge in [0.1, 0.15) is 11.5 Å². The number of amides is 3. The van der Waals surface area contributed by atoms with Crippen molar-refractivity contribution in [3.8, 4) is 11.5 Å². The molecule has 0 saturated carbocycles. The summed E-state index contributed by atoms with van der Waals surface area (Å²) in [6.07, 6.45) is 0.103. The van der Waals surface area contributed by atoms with Gasteiger partial charge in [-0.2, -0.15) is 0 Å². The lowest BCUT2D eigenvalue weighted by Crippen LogP contribution is -2.36. The zero-order valence-corrected chi connectivity index (χ0v) is 21.9. The second kappa shape index (κ2) is 12.3. The Kier molecular flexibility index (Phi) is 8.70. The second-order valence-corrected chi connectivity index (χ2v) is 9.23. The molecule has 198 valence electrons. The quantitative estimate of drug-likeness (QED) is 0.328. The van der Waals surface area contributed by atoms with Crippen LogP contribution >= 0.6 is 11.6 Å². The first kappa shape index (κ1) is 26.8. The summed E-state index contributed by atoms with van der Waals surface area (Å²) in [4.78, 5) is 39.3. The third-order valence-corrected chi connectivity index (χ3v) is 6.15. The van der Waals surface area contributed by atoms with E-state index in [-0.39, 0.29) is 37.3 Å². The minimum Gasteiger partial charge on any atom is -0.494 e. The van der Waals surface area contributed by atoms with E-state index in [4.69, 9.17) is 21.1 Å². The van der Waals surface area contributed by atoms with E-state index < -0.39 is 5.92 Å². The maximum absolute atomic E-state index is 12.8. The molecule has 0 aromatic heterocycles. The Hall–Kier alpha value is -4.24. The number of aryl methyl sites for hydroxylation is 1. The maximum atomic E-state index is 12.8. The van der Waals surface area contributed by atoms with Crippen molar-refractivity contribution in [1.82, 2.24) is 5.43 Å². The van der Waals surface area contributed by atoms with Crippen LogP contribution in [0.4, 0.5) is 17.1 Å². The van der Waals surface area contributed by atoms with Crippen LogP contribution in [0.15, 0.2) is 66.7 Å². The van der Waals surface area contributed by atoms with Crippen LogP contribution < -0.4 is 30.5 Å². The van der Waals surface area contributed by atoms with Crippen LogP contribution in [0, 0.1) is 12.8 Å². The van der Waals surface area contributed by atoms with Crippen molar-refractivity contribution in [2.24, 2.45) is 5.92 Å². The average Bonchev–Trinajstić information content (AvgIpc) is 3.30. The van der Waals surface area contributed by atoms with Crippen molar-refractivity contribution >= 4 is 46.4 Å². The number of hydrazine groups is 1. The van der Waals surface area contributed by atoms with E-state index in [1.54, 1.807) is 47.4 Å². The summed E-state index contributed by atoms with van der Waals surface area (Å²) < 4.78 is 11.1. The van der Waals surface area contributed by atoms with Gasteiger partial charge >= 0.3 is 0 Å². The van der Waals surface area contributed by atoms with Crippen molar-refractivity contribution in [1.29, 1.82) is 0 Å². The number of halogens is 1. The molecule has 1 saturated heterocycles. The van der Waals surface area contributed by atoms with Crippen molar-refractivity contribution in [2.75, 3.05) is 35.4 Å². The molecular weight excluding hydrogens is 508 g/mol. The lowest BCUT2D eigenvalue weighted by molar-refractivity contribution is -0.125. The summed E-state index contributed by atoms with van der Waals surface area (Å²) in [6.45, 7) is 4.44. The van der Waals surface area contributed by atoms with Crippen LogP contribution in [0.3, 0.4) is 0 Å². The monoisotopic (exact) mass is 536 g/mol. The highest BCUT2D eigenvalue weighted by Crippen LogP contribution is 2.29. The topological polar surface area (TPSA) is 109 Å². The third kappa shape index (κ3) is 6.95. The molecule has 1 fully saturated rings. The van der Waals surface area contributed by atoms with Crippen molar-refractivity contribution < 1.29 is 23.9 Å². The normalized spacial score (nSPS) is 14.7. The van der Waals surface area contributed by atoms with E-state index in [2.05, 4.69) is 16.2 Å². The van der Waals surface area contributed by atoms with Gasteiger partial charge < -0.3 is 19.7 Å². The number of ether oxygens (including phenoxy) is 2. The SMILES string of the molecule is CCOc1ccc(NC(=O)COc2ccc(Cl)cc2NNC(=O)[C@@H]2CC(=O)N(c3ccc(C)cc3)C2)cc1. The minimum absolute atomic E-state index is 0.103. The van der Waals surface area contributed by atoms with E-state index in [1.165, 1.54) is 0 Å². The fourth-order valence-electron chi connectivity index (χ4n) is 3.96. The Morgan fingerprint density at radius 3 is 2.47 bits per heavy atom. The van der Waals surface area contributed by atoms with E-state index in [0.29, 0.717) is 34.5 Å². The number of hydrogen-bond acceptors (Lipinski definition) is 6. The number of carbonyl (C=O) groups excluding carboxylic acids is 3. The van der Waals surface area contributed by atoms with Crippen LogP contribution in [0.25, 0.3) is 0 Å². The molecule has 38 heavy (non-hydrogen) atoms. The maximum Gasteiger partial charge on any atom is 0.262 e. The lowest BCUT2D eigenvalue weighted by Gasteiger charge is -2.18. The fraction of sp³-hybridized carbons (Fsp3) is 0.250. The highest BCUT2D eigenvalue weighted by atomic mass is 35.5. The van der Waals surface area contributed by atoms with Crippen LogP contribution in [-0.4, -0.2) is 37.5 Å². The number of nitrogens with one attached hydrogen (secondary N) is 3. The molecule has 1 heterocycles. The molecule has 0 bridgehead atoms. The molecule has 3 N–H and O–H groups in total. The predicted octanol–water partition coefficient (Wildman–Crippen LogP) is 4.56. The number of rotatable bonds is 10. The number of anilines is 3. The molecule has 0 radical (unpaired) electrons. The molecule has 3 aromatic rings. The van der Waals surface area contributed by atoms with E-state index >= 15 is 0 Å². The summed E-state index contributed by atoms with van der Waals surface area (Å²) in [6, 6.07) is 19.4. The highest BCUT2D eigenvalue weighted by Gasteiger charge is 2.35. The first-order valence-corrected chi connectivity index (χ1v) is 12.6. The largest absolute Gasteiger partial charge is 0.494 e. The molecule has 1 aliphatic rings. The Morgan fingerprint density at radius 1 is 1.03 bits per heavy atom. The van der Waals surface area contributed by atoms with Crippen LogP contribution in [-0.2, 0) is 14.4 Å². The molecule has 4 rings (SSSR count). The van der Waals surface area contributed by atoms with Crippen LogP contribution in [0.1, 0.15) is 18.9 Å². The van der Waals surface area contributed by atoms with Gasteiger partial charge in [0.15, 0.2) is 6.61 Å².